The predicted octanol–water partition coefficient (Wildman–Crippen LogP) is 1.86. The molecule has 1 fully saturated rings. The number of benzene rings is 1. The molecule has 31 heavy (non-hydrogen) atoms. The number of piperazine rings is 1. The maximum Gasteiger partial charge on any atom is 0.191 e. The van der Waals surface area contributed by atoms with E-state index in [0.717, 1.165) is 63.5 Å². The molecule has 1 atom stereocenters. The SMILES string of the molecule is CCN1CCN(c2ccc(CNC(=NC)NC3CCc4ncnn4C3)cc2F)CC1.I. The van der Waals surface area contributed by atoms with Gasteiger partial charge in [0.1, 0.15) is 18.0 Å². The Morgan fingerprint density at radius 3 is 2.77 bits per heavy atom. The van der Waals surface area contributed by atoms with Gasteiger partial charge in [-0.1, -0.05) is 13.0 Å². The highest BCUT2D eigenvalue weighted by Gasteiger charge is 2.21. The highest BCUT2D eigenvalue weighted by molar-refractivity contribution is 14.0. The monoisotopic (exact) mass is 542 g/mol. The van der Waals surface area contributed by atoms with E-state index in [2.05, 4.69) is 42.4 Å². The highest BCUT2D eigenvalue weighted by atomic mass is 127. The Labute approximate surface area is 200 Å². The number of fused-ring (bicyclic) bond motifs is 1. The summed E-state index contributed by atoms with van der Waals surface area (Å²) in [6.07, 6.45) is 3.48. The maximum atomic E-state index is 14.8. The predicted molar refractivity (Wildman–Crippen MR) is 132 cm³/mol. The van der Waals surface area contributed by atoms with E-state index in [4.69, 9.17) is 0 Å². The summed E-state index contributed by atoms with van der Waals surface area (Å²) >= 11 is 0. The summed E-state index contributed by atoms with van der Waals surface area (Å²) in [4.78, 5) is 13.1. The van der Waals surface area contributed by atoms with Crippen molar-refractivity contribution in [3.8, 4) is 0 Å². The smallest absolute Gasteiger partial charge is 0.191 e. The van der Waals surface area contributed by atoms with Crippen LogP contribution in [0.3, 0.4) is 0 Å². The van der Waals surface area contributed by atoms with Gasteiger partial charge in [0.2, 0.25) is 0 Å². The van der Waals surface area contributed by atoms with E-state index in [9.17, 15) is 4.39 Å². The van der Waals surface area contributed by atoms with Gasteiger partial charge in [-0.3, -0.25) is 4.99 Å². The average Bonchev–Trinajstić information content (AvgIpc) is 3.25. The zero-order valence-electron chi connectivity index (χ0n) is 18.2. The van der Waals surface area contributed by atoms with Crippen LogP contribution in [-0.2, 0) is 19.5 Å². The molecule has 170 valence electrons. The number of aliphatic imine (C=N–C) groups is 1. The van der Waals surface area contributed by atoms with Crippen LogP contribution in [0.1, 0.15) is 24.7 Å². The van der Waals surface area contributed by atoms with Crippen LogP contribution < -0.4 is 15.5 Å². The number of nitrogens with zero attached hydrogens (tertiary/aromatic N) is 6. The Morgan fingerprint density at radius 1 is 1.26 bits per heavy atom. The molecule has 0 aliphatic carbocycles. The molecule has 1 aromatic heterocycles. The molecule has 2 aliphatic heterocycles. The van der Waals surface area contributed by atoms with Crippen molar-refractivity contribution in [1.82, 2.24) is 30.3 Å². The second-order valence-corrected chi connectivity index (χ2v) is 7.87. The molecule has 0 spiro atoms. The highest BCUT2D eigenvalue weighted by Crippen LogP contribution is 2.22. The number of aryl methyl sites for hydroxylation is 1. The van der Waals surface area contributed by atoms with Gasteiger partial charge in [0.05, 0.1) is 12.2 Å². The minimum absolute atomic E-state index is 0. The van der Waals surface area contributed by atoms with Crippen molar-refractivity contribution in [2.75, 3.05) is 44.7 Å². The minimum Gasteiger partial charge on any atom is -0.367 e. The topological polar surface area (TPSA) is 73.6 Å². The molecule has 10 heteroatoms. The van der Waals surface area contributed by atoms with Crippen molar-refractivity contribution in [3.63, 3.8) is 0 Å². The van der Waals surface area contributed by atoms with Gasteiger partial charge < -0.3 is 20.4 Å². The Morgan fingerprint density at radius 2 is 2.06 bits per heavy atom. The molecule has 3 heterocycles. The van der Waals surface area contributed by atoms with Gasteiger partial charge in [-0.25, -0.2) is 14.1 Å². The lowest BCUT2D eigenvalue weighted by Gasteiger charge is -2.35. The molecule has 4 rings (SSSR count). The number of hydrogen-bond acceptors (Lipinski definition) is 5. The standard InChI is InChI=1S/C21H31FN8.HI/c1-3-28-8-10-29(11-9-28)19-6-4-16(12-18(19)22)13-24-21(23-2)27-17-5-7-20-25-15-26-30(20)14-17;/h4,6,12,15,17H,3,5,7-11,13-14H2,1-2H3,(H2,23,24,27);1H. The summed E-state index contributed by atoms with van der Waals surface area (Å²) < 4.78 is 16.7. The number of rotatable bonds is 5. The van der Waals surface area contributed by atoms with Gasteiger partial charge in [0.25, 0.3) is 0 Å². The molecular formula is C21H32FIN8. The fourth-order valence-electron chi connectivity index (χ4n) is 4.15. The zero-order valence-corrected chi connectivity index (χ0v) is 20.6. The van der Waals surface area contributed by atoms with Crippen LogP contribution in [0.2, 0.25) is 0 Å². The first-order valence-corrected chi connectivity index (χ1v) is 10.8. The van der Waals surface area contributed by atoms with Gasteiger partial charge in [0, 0.05) is 52.2 Å². The third-order valence-corrected chi connectivity index (χ3v) is 6.00. The van der Waals surface area contributed by atoms with Crippen LogP contribution in [0.4, 0.5) is 10.1 Å². The second-order valence-electron chi connectivity index (χ2n) is 7.87. The van der Waals surface area contributed by atoms with Crippen molar-refractivity contribution >= 4 is 35.6 Å². The van der Waals surface area contributed by atoms with Crippen LogP contribution in [0.25, 0.3) is 0 Å². The molecule has 2 aromatic rings. The molecule has 2 aliphatic rings. The van der Waals surface area contributed by atoms with Gasteiger partial charge in [0.15, 0.2) is 5.96 Å². The van der Waals surface area contributed by atoms with E-state index in [1.807, 2.05) is 16.8 Å². The number of guanidine groups is 1. The van der Waals surface area contributed by atoms with Crippen LogP contribution in [0.5, 0.6) is 0 Å². The summed E-state index contributed by atoms with van der Waals surface area (Å²) in [6.45, 7) is 8.21. The third kappa shape index (κ3) is 5.85. The quantitative estimate of drug-likeness (QED) is 0.342. The molecule has 1 aromatic carbocycles. The molecular weight excluding hydrogens is 510 g/mol. The van der Waals surface area contributed by atoms with Gasteiger partial charge >= 0.3 is 0 Å². The molecule has 8 nitrogen and oxygen atoms in total. The molecule has 0 amide bonds. The Balaban J connectivity index is 0.00000272. The normalized spacial score (nSPS) is 19.5. The van der Waals surface area contributed by atoms with E-state index in [1.54, 1.807) is 19.4 Å². The van der Waals surface area contributed by atoms with E-state index in [0.29, 0.717) is 18.2 Å². The second kappa shape index (κ2) is 11.1. The molecule has 1 saturated heterocycles. The number of hydrogen-bond donors (Lipinski definition) is 2. The zero-order chi connectivity index (χ0) is 20.9. The Bertz CT molecular complexity index is 878. The largest absolute Gasteiger partial charge is 0.367 e. The Hall–Kier alpha value is -1.95. The van der Waals surface area contributed by atoms with Crippen LogP contribution in [0, 0.1) is 5.82 Å². The molecule has 2 N–H and O–H groups in total. The molecule has 0 radical (unpaired) electrons. The fraction of sp³-hybridized carbons (Fsp3) is 0.571. The van der Waals surface area contributed by atoms with Crippen LogP contribution in [0.15, 0.2) is 29.5 Å². The Kier molecular flexibility index (Phi) is 8.47. The minimum atomic E-state index is -0.159. The average molecular weight is 542 g/mol. The summed E-state index contributed by atoms with van der Waals surface area (Å²) in [5.41, 5.74) is 1.59. The number of halogens is 2. The third-order valence-electron chi connectivity index (χ3n) is 6.00. The van der Waals surface area contributed by atoms with Crippen LogP contribution >= 0.6 is 24.0 Å². The maximum absolute atomic E-state index is 14.8. The van der Waals surface area contributed by atoms with Gasteiger partial charge in [-0.05, 0) is 30.7 Å². The van der Waals surface area contributed by atoms with Crippen molar-refractivity contribution in [3.05, 3.63) is 41.7 Å². The summed E-state index contributed by atoms with van der Waals surface area (Å²) in [5, 5.41) is 11.0. The molecule has 0 saturated carbocycles. The molecule has 1 unspecified atom stereocenters. The van der Waals surface area contributed by atoms with Gasteiger partial charge in [-0.15, -0.1) is 24.0 Å². The summed E-state index contributed by atoms with van der Waals surface area (Å²) in [7, 11) is 1.75. The number of anilines is 1. The number of aromatic nitrogens is 3. The van der Waals surface area contributed by atoms with E-state index in [1.165, 1.54) is 0 Å². The van der Waals surface area contributed by atoms with Crippen molar-refractivity contribution < 1.29 is 4.39 Å². The van der Waals surface area contributed by atoms with Crippen molar-refractivity contribution in [2.24, 2.45) is 4.99 Å². The lowest BCUT2D eigenvalue weighted by molar-refractivity contribution is 0.270. The lowest BCUT2D eigenvalue weighted by Crippen LogP contribution is -2.47. The van der Waals surface area contributed by atoms with E-state index < -0.39 is 0 Å². The fourth-order valence-corrected chi connectivity index (χ4v) is 4.15. The number of likely N-dealkylation sites (N-methyl/N-ethyl adjacent to an activating group) is 1. The summed E-state index contributed by atoms with van der Waals surface area (Å²) in [5.74, 6) is 1.58. The number of nitrogens with one attached hydrogen (secondary N) is 2. The van der Waals surface area contributed by atoms with Crippen molar-refractivity contribution in [2.45, 2.75) is 38.9 Å². The van der Waals surface area contributed by atoms with Gasteiger partial charge in [-0.2, -0.15) is 5.10 Å². The van der Waals surface area contributed by atoms with Crippen LogP contribution in [-0.4, -0.2) is 71.4 Å². The first kappa shape index (κ1) is 23.7. The lowest BCUT2D eigenvalue weighted by atomic mass is 10.1. The van der Waals surface area contributed by atoms with Crippen molar-refractivity contribution in [1.29, 1.82) is 0 Å². The summed E-state index contributed by atoms with van der Waals surface area (Å²) in [6, 6.07) is 5.76. The first-order valence-electron chi connectivity index (χ1n) is 10.8. The molecule has 0 bridgehead atoms. The van der Waals surface area contributed by atoms with E-state index >= 15 is 0 Å². The first-order chi connectivity index (χ1) is 14.7. The van der Waals surface area contributed by atoms with E-state index in [-0.39, 0.29) is 35.8 Å².